The Balaban J connectivity index is 1.55. The van der Waals surface area contributed by atoms with Crippen molar-refractivity contribution < 1.29 is 0 Å². The molecule has 0 N–H and O–H groups in total. The minimum Gasteiger partial charge on any atom is -0.0622 e. The third-order valence-electron chi connectivity index (χ3n) is 13.1. The monoisotopic (exact) mass is 804 g/mol. The number of rotatable bonds is 12. The SMILES string of the molecule is c1ccc(C(c2ccccc2)(c2ccccc2)c2cccc(C(c3ccccc3)(c3ccccc3)c3ccccc3)c2C(c2ccccc2)(c2ccccc2)c2ccccc2)cc1. The topological polar surface area (TPSA) is 0 Å². The minimum absolute atomic E-state index is 0.797. The second kappa shape index (κ2) is 17.3. The lowest BCUT2D eigenvalue weighted by molar-refractivity contribution is 0.640. The molecule has 0 radical (unpaired) electrons. The Hall–Kier alpha value is -7.80. The van der Waals surface area contributed by atoms with Crippen LogP contribution < -0.4 is 0 Å². The lowest BCUT2D eigenvalue weighted by Gasteiger charge is -2.48. The van der Waals surface area contributed by atoms with Crippen LogP contribution in [0.25, 0.3) is 0 Å². The average molecular weight is 805 g/mol. The Morgan fingerprint density at radius 1 is 0.143 bits per heavy atom. The van der Waals surface area contributed by atoms with Crippen molar-refractivity contribution in [2.45, 2.75) is 16.2 Å². The molecule has 0 aliphatic heterocycles. The molecule has 0 fully saturated rings. The molecule has 10 aromatic rings. The molecule has 0 bridgehead atoms. The van der Waals surface area contributed by atoms with Gasteiger partial charge >= 0.3 is 0 Å². The molecule has 0 atom stereocenters. The molecule has 0 saturated carbocycles. The fourth-order valence-electron chi connectivity index (χ4n) is 10.6. The van der Waals surface area contributed by atoms with Crippen molar-refractivity contribution in [1.29, 1.82) is 0 Å². The quantitative estimate of drug-likeness (QED) is 0.108. The van der Waals surface area contributed by atoms with E-state index in [1.807, 2.05) is 0 Å². The van der Waals surface area contributed by atoms with E-state index in [0.29, 0.717) is 0 Å². The molecule has 0 heteroatoms. The van der Waals surface area contributed by atoms with Crippen molar-refractivity contribution in [3.63, 3.8) is 0 Å². The summed E-state index contributed by atoms with van der Waals surface area (Å²) in [6.45, 7) is 0. The normalized spacial score (nSPS) is 11.8. The van der Waals surface area contributed by atoms with Crippen LogP contribution in [0.4, 0.5) is 0 Å². The second-order valence-corrected chi connectivity index (χ2v) is 16.3. The first-order chi connectivity index (χ1) is 31.3. The van der Waals surface area contributed by atoms with Crippen LogP contribution >= 0.6 is 0 Å². The number of benzene rings is 10. The van der Waals surface area contributed by atoms with Gasteiger partial charge in [0, 0.05) is 0 Å². The Morgan fingerprint density at radius 2 is 0.302 bits per heavy atom. The fraction of sp³-hybridized carbons (Fsp3) is 0.0476. The van der Waals surface area contributed by atoms with Gasteiger partial charge in [0.05, 0.1) is 16.2 Å². The van der Waals surface area contributed by atoms with Gasteiger partial charge in [-0.2, -0.15) is 0 Å². The summed E-state index contributed by atoms with van der Waals surface area (Å²) < 4.78 is 0. The van der Waals surface area contributed by atoms with Crippen LogP contribution in [0, 0.1) is 0 Å². The van der Waals surface area contributed by atoms with E-state index in [0.717, 1.165) is 0 Å². The highest BCUT2D eigenvalue weighted by Crippen LogP contribution is 2.58. The Bertz CT molecular complexity index is 2550. The molecule has 0 amide bonds. The van der Waals surface area contributed by atoms with Gasteiger partial charge in [0.15, 0.2) is 0 Å². The molecule has 0 saturated heterocycles. The van der Waals surface area contributed by atoms with Crippen molar-refractivity contribution in [2.75, 3.05) is 0 Å². The van der Waals surface area contributed by atoms with Gasteiger partial charge in [-0.3, -0.25) is 0 Å². The van der Waals surface area contributed by atoms with Crippen molar-refractivity contribution in [1.82, 2.24) is 0 Å². The second-order valence-electron chi connectivity index (χ2n) is 16.3. The zero-order valence-electron chi connectivity index (χ0n) is 35.2. The molecule has 300 valence electrons. The van der Waals surface area contributed by atoms with E-state index in [1.54, 1.807) is 0 Å². The van der Waals surface area contributed by atoms with Crippen molar-refractivity contribution >= 4 is 0 Å². The highest BCUT2D eigenvalue weighted by atomic mass is 14.5. The summed E-state index contributed by atoms with van der Waals surface area (Å²) in [5.41, 5.74) is 11.9. The van der Waals surface area contributed by atoms with E-state index in [-0.39, 0.29) is 0 Å². The molecule has 63 heavy (non-hydrogen) atoms. The van der Waals surface area contributed by atoms with E-state index in [9.17, 15) is 0 Å². The van der Waals surface area contributed by atoms with E-state index < -0.39 is 16.2 Å². The summed E-state index contributed by atoms with van der Waals surface area (Å²) in [5, 5.41) is 0. The van der Waals surface area contributed by atoms with E-state index in [2.05, 4.69) is 291 Å². The molecule has 0 aliphatic carbocycles. The summed E-state index contributed by atoms with van der Waals surface area (Å²) in [4.78, 5) is 0. The highest BCUT2D eigenvalue weighted by molar-refractivity contribution is 5.74. The van der Waals surface area contributed by atoms with E-state index in [1.165, 1.54) is 66.8 Å². The molecule has 0 spiro atoms. The van der Waals surface area contributed by atoms with Gasteiger partial charge in [-0.1, -0.05) is 291 Å². The molecule has 0 aromatic heterocycles. The smallest absolute Gasteiger partial charge is 0.0622 e. The van der Waals surface area contributed by atoms with E-state index in [4.69, 9.17) is 0 Å². The molecule has 0 aliphatic rings. The molecule has 0 heterocycles. The van der Waals surface area contributed by atoms with Crippen molar-refractivity contribution in [3.05, 3.63) is 358 Å². The van der Waals surface area contributed by atoms with Gasteiger partial charge < -0.3 is 0 Å². The summed E-state index contributed by atoms with van der Waals surface area (Å²) in [5.74, 6) is 0. The summed E-state index contributed by atoms with van der Waals surface area (Å²) in [7, 11) is 0. The van der Waals surface area contributed by atoms with Gasteiger partial charge in [0.25, 0.3) is 0 Å². The Morgan fingerprint density at radius 3 is 0.476 bits per heavy atom. The third-order valence-corrected chi connectivity index (χ3v) is 13.1. The highest BCUT2D eigenvalue weighted by Gasteiger charge is 2.52. The first kappa shape index (κ1) is 39.3. The zero-order chi connectivity index (χ0) is 42.4. The first-order valence-corrected chi connectivity index (χ1v) is 21.9. The first-order valence-electron chi connectivity index (χ1n) is 21.9. The van der Waals surface area contributed by atoms with Crippen LogP contribution in [0.2, 0.25) is 0 Å². The molecule has 0 unspecified atom stereocenters. The lowest BCUT2D eigenvalue weighted by atomic mass is 9.53. The predicted molar refractivity (Wildman–Crippen MR) is 261 cm³/mol. The molecular formula is C63H48. The van der Waals surface area contributed by atoms with Gasteiger partial charge in [0.2, 0.25) is 0 Å². The van der Waals surface area contributed by atoms with Crippen LogP contribution in [0.15, 0.2) is 291 Å². The summed E-state index contributed by atoms with van der Waals surface area (Å²) in [6.07, 6.45) is 0. The van der Waals surface area contributed by atoms with Gasteiger partial charge in [-0.05, 0) is 66.8 Å². The minimum atomic E-state index is -0.858. The zero-order valence-corrected chi connectivity index (χ0v) is 35.2. The summed E-state index contributed by atoms with van der Waals surface area (Å²) >= 11 is 0. The third kappa shape index (κ3) is 6.55. The van der Waals surface area contributed by atoms with Crippen LogP contribution in [0.5, 0.6) is 0 Å². The van der Waals surface area contributed by atoms with Crippen LogP contribution in [-0.2, 0) is 16.2 Å². The van der Waals surface area contributed by atoms with E-state index >= 15 is 0 Å². The maximum Gasteiger partial charge on any atom is 0.0708 e. The lowest BCUT2D eigenvalue weighted by Crippen LogP contribution is -2.42. The average Bonchev–Trinajstić information content (AvgIpc) is 3.38. The standard InChI is InChI=1S/C63H48/c1-10-29-49(30-11-1)61(50-31-12-2-13-32-50,51-33-14-3-15-34-51)58-47-28-48-59(62(52-35-16-4-17-36-52,53-37-18-5-19-38-53)54-39-20-6-21-40-54)60(58)63(55-41-22-7-23-42-55,56-43-24-8-25-44-56)57-45-26-9-27-46-57/h1-48H. The molecule has 0 nitrogen and oxygen atoms in total. The molecule has 10 rings (SSSR count). The van der Waals surface area contributed by atoms with Crippen LogP contribution in [0.3, 0.4) is 0 Å². The summed E-state index contributed by atoms with van der Waals surface area (Å²) in [6, 6.07) is 108. The largest absolute Gasteiger partial charge is 0.0708 e. The molecule has 10 aromatic carbocycles. The molecular weight excluding hydrogens is 757 g/mol. The maximum atomic E-state index is 2.43. The van der Waals surface area contributed by atoms with Crippen molar-refractivity contribution in [3.8, 4) is 0 Å². The van der Waals surface area contributed by atoms with Gasteiger partial charge in [0.1, 0.15) is 0 Å². The van der Waals surface area contributed by atoms with Gasteiger partial charge in [-0.15, -0.1) is 0 Å². The van der Waals surface area contributed by atoms with Crippen LogP contribution in [-0.4, -0.2) is 0 Å². The van der Waals surface area contributed by atoms with Gasteiger partial charge in [-0.25, -0.2) is 0 Å². The predicted octanol–water partition coefficient (Wildman–Crippen LogP) is 14.8. The Labute approximate surface area is 372 Å². The van der Waals surface area contributed by atoms with Crippen molar-refractivity contribution in [2.24, 2.45) is 0 Å². The van der Waals surface area contributed by atoms with Crippen LogP contribution in [0.1, 0.15) is 66.8 Å². The fourth-order valence-corrected chi connectivity index (χ4v) is 10.6. The maximum absolute atomic E-state index is 2.43. The number of hydrogen-bond donors (Lipinski definition) is 0. The number of hydrogen-bond acceptors (Lipinski definition) is 0. The Kier molecular flexibility index (Phi) is 10.8.